The molecule has 1 N–H and O–H groups in total. The van der Waals surface area contributed by atoms with E-state index < -0.39 is 0 Å². The van der Waals surface area contributed by atoms with Crippen LogP contribution in [0, 0.1) is 5.92 Å². The Morgan fingerprint density at radius 1 is 1.15 bits per heavy atom. The molecule has 1 amide bonds. The first-order valence-electron chi connectivity index (χ1n) is 12.0. The Kier molecular flexibility index (Phi) is 9.91. The van der Waals surface area contributed by atoms with Crippen molar-refractivity contribution in [2.75, 3.05) is 71.0 Å². The fourth-order valence-corrected chi connectivity index (χ4v) is 4.85. The maximum absolute atomic E-state index is 12.6. The molecule has 8 nitrogen and oxygen atoms in total. The molecule has 0 bridgehead atoms. The summed E-state index contributed by atoms with van der Waals surface area (Å²) in [6.45, 7) is 9.56. The lowest BCUT2D eigenvalue weighted by atomic mass is 10.1. The highest BCUT2D eigenvalue weighted by molar-refractivity contribution is 14.0. The van der Waals surface area contributed by atoms with Crippen molar-refractivity contribution in [2.24, 2.45) is 10.9 Å². The highest BCUT2D eigenvalue weighted by Crippen LogP contribution is 2.32. The number of hydrogen-bond acceptors (Lipinski definition) is 5. The molecule has 0 aliphatic carbocycles. The van der Waals surface area contributed by atoms with Crippen LogP contribution < -0.4 is 15.0 Å². The molecule has 1 aromatic rings. The number of nitrogens with zero attached hydrogens (tertiary/aromatic N) is 4. The zero-order chi connectivity index (χ0) is 22.3. The summed E-state index contributed by atoms with van der Waals surface area (Å²) in [5.41, 5.74) is 1.17. The molecule has 3 saturated heterocycles. The van der Waals surface area contributed by atoms with E-state index in [1.54, 1.807) is 7.11 Å². The Morgan fingerprint density at radius 2 is 1.91 bits per heavy atom. The predicted octanol–water partition coefficient (Wildman–Crippen LogP) is 2.43. The van der Waals surface area contributed by atoms with Crippen molar-refractivity contribution in [3.8, 4) is 5.75 Å². The number of aliphatic imine (C=N–C) groups is 1. The van der Waals surface area contributed by atoms with Crippen LogP contribution in [0.4, 0.5) is 5.69 Å². The lowest BCUT2D eigenvalue weighted by Crippen LogP contribution is -2.55. The molecular weight excluding hydrogens is 533 g/mol. The number of carbonyl (C=O) groups is 1. The second-order valence-electron chi connectivity index (χ2n) is 8.78. The molecule has 0 saturated carbocycles. The van der Waals surface area contributed by atoms with Gasteiger partial charge in [-0.05, 0) is 44.2 Å². The van der Waals surface area contributed by atoms with Gasteiger partial charge in [0.25, 0.3) is 5.91 Å². The van der Waals surface area contributed by atoms with Crippen molar-refractivity contribution in [3.05, 3.63) is 24.3 Å². The van der Waals surface area contributed by atoms with Gasteiger partial charge in [0.1, 0.15) is 11.9 Å². The summed E-state index contributed by atoms with van der Waals surface area (Å²) in [6, 6.07) is 8.23. The molecular formula is C24H38IN5O3. The number of nitrogens with one attached hydrogen (secondary N) is 1. The lowest BCUT2D eigenvalue weighted by Gasteiger charge is -2.37. The van der Waals surface area contributed by atoms with Crippen molar-refractivity contribution in [1.82, 2.24) is 15.1 Å². The summed E-state index contributed by atoms with van der Waals surface area (Å²) >= 11 is 0. The summed E-state index contributed by atoms with van der Waals surface area (Å²) in [5, 5.41) is 3.45. The van der Waals surface area contributed by atoms with Gasteiger partial charge in [-0.15, -0.1) is 24.0 Å². The number of piperazine rings is 1. The minimum absolute atomic E-state index is 0. The molecule has 0 aromatic heterocycles. The first kappa shape index (κ1) is 25.9. The van der Waals surface area contributed by atoms with E-state index >= 15 is 0 Å². The summed E-state index contributed by atoms with van der Waals surface area (Å²) in [4.78, 5) is 24.2. The predicted molar refractivity (Wildman–Crippen MR) is 142 cm³/mol. The highest BCUT2D eigenvalue weighted by atomic mass is 127. The number of para-hydroxylation sites is 2. The smallest absolute Gasteiger partial charge is 0.251 e. The normalized spacial score (nSPS) is 23.5. The average molecular weight is 572 g/mol. The summed E-state index contributed by atoms with van der Waals surface area (Å²) in [7, 11) is 1.73. The van der Waals surface area contributed by atoms with Gasteiger partial charge >= 0.3 is 0 Å². The number of anilines is 1. The summed E-state index contributed by atoms with van der Waals surface area (Å²) < 4.78 is 11.1. The molecule has 2 unspecified atom stereocenters. The second kappa shape index (κ2) is 12.6. The van der Waals surface area contributed by atoms with Crippen LogP contribution in [-0.4, -0.2) is 93.8 Å². The maximum atomic E-state index is 12.6. The lowest BCUT2D eigenvalue weighted by molar-refractivity contribution is -0.142. The first-order valence-corrected chi connectivity index (χ1v) is 12.0. The number of amides is 1. The van der Waals surface area contributed by atoms with Gasteiger partial charge in [0.05, 0.1) is 12.8 Å². The highest BCUT2D eigenvalue weighted by Gasteiger charge is 2.31. The van der Waals surface area contributed by atoms with E-state index in [4.69, 9.17) is 14.5 Å². The van der Waals surface area contributed by atoms with E-state index in [0.717, 1.165) is 83.3 Å². The molecule has 184 valence electrons. The quantitative estimate of drug-likeness (QED) is 0.322. The SMILES string of the molecule is CCNC(=NCC1CCN(c2ccccc2OC)C1)N1CCN(C(=O)C2CCCO2)CC1.I. The Morgan fingerprint density at radius 3 is 2.61 bits per heavy atom. The molecule has 3 aliphatic heterocycles. The average Bonchev–Trinajstić information content (AvgIpc) is 3.54. The number of carbonyl (C=O) groups excluding carboxylic acids is 1. The van der Waals surface area contributed by atoms with Crippen LogP contribution in [0.1, 0.15) is 26.2 Å². The summed E-state index contributed by atoms with van der Waals surface area (Å²) in [6.07, 6.45) is 2.75. The number of benzene rings is 1. The Labute approximate surface area is 214 Å². The van der Waals surface area contributed by atoms with Crippen LogP contribution in [0.15, 0.2) is 29.3 Å². The van der Waals surface area contributed by atoms with Gasteiger partial charge in [0.2, 0.25) is 0 Å². The van der Waals surface area contributed by atoms with Crippen LogP contribution in [0.5, 0.6) is 5.75 Å². The van der Waals surface area contributed by atoms with E-state index in [2.05, 4.69) is 34.2 Å². The van der Waals surface area contributed by atoms with Crippen LogP contribution in [0.25, 0.3) is 0 Å². The largest absolute Gasteiger partial charge is 0.495 e. The van der Waals surface area contributed by atoms with Gasteiger partial charge in [-0.2, -0.15) is 0 Å². The topological polar surface area (TPSA) is 69.6 Å². The van der Waals surface area contributed by atoms with E-state index in [-0.39, 0.29) is 36.0 Å². The molecule has 3 heterocycles. The van der Waals surface area contributed by atoms with Gasteiger partial charge in [0, 0.05) is 59.0 Å². The van der Waals surface area contributed by atoms with Gasteiger partial charge in [-0.25, -0.2) is 0 Å². The van der Waals surface area contributed by atoms with Crippen LogP contribution in [-0.2, 0) is 9.53 Å². The van der Waals surface area contributed by atoms with Gasteiger partial charge in [0.15, 0.2) is 5.96 Å². The van der Waals surface area contributed by atoms with Crippen molar-refractivity contribution in [3.63, 3.8) is 0 Å². The number of ether oxygens (including phenoxy) is 2. The van der Waals surface area contributed by atoms with Crippen LogP contribution >= 0.6 is 24.0 Å². The molecule has 0 radical (unpaired) electrons. The van der Waals surface area contributed by atoms with Crippen molar-refractivity contribution < 1.29 is 14.3 Å². The molecule has 4 rings (SSSR count). The molecule has 1 aromatic carbocycles. The van der Waals surface area contributed by atoms with E-state index in [0.29, 0.717) is 12.5 Å². The minimum atomic E-state index is -0.225. The van der Waals surface area contributed by atoms with Gasteiger partial charge in [-0.1, -0.05) is 12.1 Å². The van der Waals surface area contributed by atoms with Crippen molar-refractivity contribution >= 4 is 41.5 Å². The second-order valence-corrected chi connectivity index (χ2v) is 8.78. The van der Waals surface area contributed by atoms with Crippen LogP contribution in [0.3, 0.4) is 0 Å². The maximum Gasteiger partial charge on any atom is 0.251 e. The third-order valence-corrected chi connectivity index (χ3v) is 6.64. The molecule has 0 spiro atoms. The molecule has 9 heteroatoms. The standard InChI is InChI=1S/C24H37N5O3.HI/c1-3-25-24(28-14-12-27(13-15-28)23(30)22-9-6-16-32-22)26-17-19-10-11-29(18-19)20-7-4-5-8-21(20)31-2;/h4-5,7-8,19,22H,3,6,9-18H2,1-2H3,(H,25,26);1H. The van der Waals surface area contributed by atoms with E-state index in [1.165, 1.54) is 5.69 Å². The molecule has 3 aliphatic rings. The molecule has 33 heavy (non-hydrogen) atoms. The van der Waals surface area contributed by atoms with Crippen molar-refractivity contribution in [2.45, 2.75) is 32.3 Å². The van der Waals surface area contributed by atoms with Gasteiger partial charge in [-0.3, -0.25) is 9.79 Å². The Balaban J connectivity index is 0.00000306. The monoisotopic (exact) mass is 571 g/mol. The van der Waals surface area contributed by atoms with Crippen LogP contribution in [0.2, 0.25) is 0 Å². The molecule has 2 atom stereocenters. The van der Waals surface area contributed by atoms with Gasteiger partial charge < -0.3 is 29.5 Å². The Hall–Kier alpha value is -1.75. The van der Waals surface area contributed by atoms with E-state index in [9.17, 15) is 4.79 Å². The number of methoxy groups -OCH3 is 1. The number of rotatable bonds is 6. The zero-order valence-corrected chi connectivity index (χ0v) is 22.2. The third kappa shape index (κ3) is 6.44. The summed E-state index contributed by atoms with van der Waals surface area (Å²) in [5.74, 6) is 2.58. The third-order valence-electron chi connectivity index (χ3n) is 6.64. The fourth-order valence-electron chi connectivity index (χ4n) is 4.85. The zero-order valence-electron chi connectivity index (χ0n) is 19.9. The number of halogens is 1. The molecule has 3 fully saturated rings. The van der Waals surface area contributed by atoms with E-state index in [1.807, 2.05) is 17.0 Å². The minimum Gasteiger partial charge on any atom is -0.495 e. The Bertz CT molecular complexity index is 794. The number of guanidine groups is 1. The fraction of sp³-hybridized carbons (Fsp3) is 0.667. The number of hydrogen-bond donors (Lipinski definition) is 1. The first-order chi connectivity index (χ1) is 15.7. The van der Waals surface area contributed by atoms with Crippen molar-refractivity contribution in [1.29, 1.82) is 0 Å².